The van der Waals surface area contributed by atoms with E-state index in [-0.39, 0.29) is 0 Å². The molecule has 0 saturated heterocycles. The second-order valence-corrected chi connectivity index (χ2v) is 5.89. The van der Waals surface area contributed by atoms with Crippen LogP contribution in [0.25, 0.3) is 0 Å². The lowest BCUT2D eigenvalue weighted by atomic mass is 10.1. The Morgan fingerprint density at radius 2 is 1.90 bits per heavy atom. The first-order valence-electron chi connectivity index (χ1n) is 6.52. The van der Waals surface area contributed by atoms with Crippen molar-refractivity contribution in [3.8, 4) is 0 Å². The number of carboxylic acids is 1. The van der Waals surface area contributed by atoms with Gasteiger partial charge in [-0.2, -0.15) is 0 Å². The number of aromatic nitrogens is 1. The molecule has 0 radical (unpaired) electrons. The van der Waals surface area contributed by atoms with Gasteiger partial charge in [-0.05, 0) is 25.5 Å². The highest BCUT2D eigenvalue weighted by Gasteiger charge is 2.24. The van der Waals surface area contributed by atoms with Gasteiger partial charge in [0.05, 0.1) is 27.2 Å². The van der Waals surface area contributed by atoms with Crippen molar-refractivity contribution in [3.63, 3.8) is 0 Å². The van der Waals surface area contributed by atoms with Crippen LogP contribution in [-0.4, -0.2) is 20.5 Å². The molecule has 0 aliphatic rings. The number of benzene rings is 1. The van der Waals surface area contributed by atoms with Gasteiger partial charge in [0.2, 0.25) is 0 Å². The standard InChI is InChI=1S/C16H16ClNO2S/c1-9-4-6-11(7-5-9)15(21)13-8-12(17)14(18(13)3)10(2)16(19)20/h4-8,10H,1-3H3,(H,19,20). The van der Waals surface area contributed by atoms with Crippen LogP contribution in [0.4, 0.5) is 0 Å². The van der Waals surface area contributed by atoms with Crippen LogP contribution in [0.2, 0.25) is 5.02 Å². The number of carbonyl (C=O) groups is 1. The summed E-state index contributed by atoms with van der Waals surface area (Å²) in [6.07, 6.45) is 0. The van der Waals surface area contributed by atoms with Crippen LogP contribution >= 0.6 is 23.8 Å². The molecule has 110 valence electrons. The number of aliphatic carboxylic acids is 1. The summed E-state index contributed by atoms with van der Waals surface area (Å²) >= 11 is 11.7. The summed E-state index contributed by atoms with van der Waals surface area (Å²) in [5.74, 6) is -1.59. The quantitative estimate of drug-likeness (QED) is 0.685. The molecule has 0 amide bonds. The number of hydrogen-bond acceptors (Lipinski definition) is 2. The van der Waals surface area contributed by atoms with Crippen molar-refractivity contribution < 1.29 is 9.90 Å². The molecule has 1 heterocycles. The first-order valence-corrected chi connectivity index (χ1v) is 7.30. The molecule has 1 aromatic heterocycles. The Balaban J connectivity index is 2.46. The smallest absolute Gasteiger partial charge is 0.312 e. The molecule has 1 aromatic carbocycles. The van der Waals surface area contributed by atoms with Crippen molar-refractivity contribution in [2.45, 2.75) is 19.8 Å². The zero-order valence-electron chi connectivity index (χ0n) is 12.1. The normalized spacial score (nSPS) is 12.2. The van der Waals surface area contributed by atoms with Crippen molar-refractivity contribution in [1.29, 1.82) is 0 Å². The minimum absolute atomic E-state index is 0.428. The van der Waals surface area contributed by atoms with Gasteiger partial charge in [0.25, 0.3) is 0 Å². The maximum atomic E-state index is 11.2. The van der Waals surface area contributed by atoms with Gasteiger partial charge in [-0.15, -0.1) is 0 Å². The van der Waals surface area contributed by atoms with E-state index in [2.05, 4.69) is 0 Å². The molecule has 21 heavy (non-hydrogen) atoms. The van der Waals surface area contributed by atoms with Crippen molar-refractivity contribution >= 4 is 34.7 Å². The van der Waals surface area contributed by atoms with E-state index in [0.717, 1.165) is 16.8 Å². The summed E-state index contributed by atoms with van der Waals surface area (Å²) in [5.41, 5.74) is 3.39. The molecule has 0 aliphatic carbocycles. The fourth-order valence-electron chi connectivity index (χ4n) is 2.27. The van der Waals surface area contributed by atoms with Gasteiger partial charge in [-0.3, -0.25) is 4.79 Å². The highest BCUT2D eigenvalue weighted by molar-refractivity contribution is 7.81. The minimum Gasteiger partial charge on any atom is -0.481 e. The lowest BCUT2D eigenvalue weighted by molar-refractivity contribution is -0.138. The summed E-state index contributed by atoms with van der Waals surface area (Å²) in [6.45, 7) is 3.63. The van der Waals surface area contributed by atoms with E-state index in [1.807, 2.05) is 31.2 Å². The van der Waals surface area contributed by atoms with E-state index in [0.29, 0.717) is 15.6 Å². The van der Waals surface area contributed by atoms with Crippen LogP contribution in [0, 0.1) is 6.92 Å². The number of thiocarbonyl (C=S) groups is 1. The monoisotopic (exact) mass is 321 g/mol. The number of carboxylic acid groups (broad SMARTS) is 1. The summed E-state index contributed by atoms with van der Waals surface area (Å²) in [6, 6.07) is 9.64. The first kappa shape index (κ1) is 15.7. The van der Waals surface area contributed by atoms with Gasteiger partial charge in [-0.1, -0.05) is 53.6 Å². The Morgan fingerprint density at radius 3 is 2.43 bits per heavy atom. The van der Waals surface area contributed by atoms with E-state index in [4.69, 9.17) is 23.8 Å². The molecule has 1 atom stereocenters. The number of halogens is 1. The summed E-state index contributed by atoms with van der Waals surface area (Å²) < 4.78 is 1.77. The second-order valence-electron chi connectivity index (χ2n) is 5.08. The third-order valence-electron chi connectivity index (χ3n) is 3.56. The van der Waals surface area contributed by atoms with Crippen LogP contribution < -0.4 is 0 Å². The number of nitrogens with zero attached hydrogens (tertiary/aromatic N) is 1. The third-order valence-corrected chi connectivity index (χ3v) is 4.31. The third kappa shape index (κ3) is 3.01. The molecule has 0 bridgehead atoms. The molecule has 1 N–H and O–H groups in total. The fraction of sp³-hybridized carbons (Fsp3) is 0.250. The summed E-state index contributed by atoms with van der Waals surface area (Å²) in [7, 11) is 1.79. The van der Waals surface area contributed by atoms with Crippen molar-refractivity contribution in [2.24, 2.45) is 7.05 Å². The molecule has 2 aromatic rings. The number of rotatable bonds is 4. The zero-order valence-corrected chi connectivity index (χ0v) is 13.6. The van der Waals surface area contributed by atoms with E-state index in [9.17, 15) is 9.90 Å². The maximum absolute atomic E-state index is 11.2. The zero-order chi connectivity index (χ0) is 15.7. The fourth-order valence-corrected chi connectivity index (χ4v) is 2.99. The van der Waals surface area contributed by atoms with Crippen molar-refractivity contribution in [1.82, 2.24) is 4.57 Å². The van der Waals surface area contributed by atoms with Crippen LogP contribution in [0.1, 0.15) is 35.4 Å². The average Bonchev–Trinajstić information content (AvgIpc) is 2.73. The lowest BCUT2D eigenvalue weighted by Crippen LogP contribution is -2.14. The van der Waals surface area contributed by atoms with Gasteiger partial charge in [0, 0.05) is 7.05 Å². The van der Waals surface area contributed by atoms with Gasteiger partial charge in [-0.25, -0.2) is 0 Å². The Bertz CT molecular complexity index is 704. The van der Waals surface area contributed by atoms with Gasteiger partial charge in [0.15, 0.2) is 0 Å². The topological polar surface area (TPSA) is 42.2 Å². The average molecular weight is 322 g/mol. The highest BCUT2D eigenvalue weighted by atomic mass is 35.5. The van der Waals surface area contributed by atoms with Gasteiger partial charge >= 0.3 is 5.97 Å². The lowest BCUT2D eigenvalue weighted by Gasteiger charge is -2.12. The highest BCUT2D eigenvalue weighted by Crippen LogP contribution is 2.29. The predicted molar refractivity (Wildman–Crippen MR) is 88.5 cm³/mol. The number of aryl methyl sites for hydroxylation is 1. The molecule has 2 rings (SSSR count). The van der Waals surface area contributed by atoms with Crippen molar-refractivity contribution in [3.05, 3.63) is 57.9 Å². The van der Waals surface area contributed by atoms with Gasteiger partial charge in [0.1, 0.15) is 0 Å². The number of hydrogen-bond donors (Lipinski definition) is 1. The molecular weight excluding hydrogens is 306 g/mol. The largest absolute Gasteiger partial charge is 0.481 e. The predicted octanol–water partition coefficient (Wildman–Crippen LogP) is 3.94. The van der Waals surface area contributed by atoms with Crippen LogP contribution in [0.15, 0.2) is 30.3 Å². The Hall–Kier alpha value is -1.65. The second kappa shape index (κ2) is 6.00. The molecule has 0 spiro atoms. The van der Waals surface area contributed by atoms with Crippen LogP contribution in [0.5, 0.6) is 0 Å². The Kier molecular flexibility index (Phi) is 4.49. The van der Waals surface area contributed by atoms with E-state index in [1.54, 1.807) is 24.6 Å². The van der Waals surface area contributed by atoms with E-state index >= 15 is 0 Å². The van der Waals surface area contributed by atoms with Gasteiger partial charge < -0.3 is 9.67 Å². The molecular formula is C16H16ClNO2S. The minimum atomic E-state index is -0.911. The summed E-state index contributed by atoms with van der Waals surface area (Å²) in [5, 5.41) is 9.60. The van der Waals surface area contributed by atoms with Crippen LogP contribution in [0.3, 0.4) is 0 Å². The van der Waals surface area contributed by atoms with Crippen molar-refractivity contribution in [2.75, 3.05) is 0 Å². The summed E-state index contributed by atoms with van der Waals surface area (Å²) in [4.78, 5) is 11.8. The maximum Gasteiger partial charge on any atom is 0.312 e. The Morgan fingerprint density at radius 1 is 1.33 bits per heavy atom. The van der Waals surface area contributed by atoms with E-state index < -0.39 is 11.9 Å². The molecule has 5 heteroatoms. The van der Waals surface area contributed by atoms with Crippen LogP contribution in [-0.2, 0) is 11.8 Å². The molecule has 0 saturated carbocycles. The molecule has 0 aliphatic heterocycles. The van der Waals surface area contributed by atoms with E-state index in [1.165, 1.54) is 0 Å². The SMILES string of the molecule is Cc1ccc(C(=S)c2cc(Cl)c(C(C)C(=O)O)n2C)cc1. The first-order chi connectivity index (χ1) is 9.82. The molecule has 1 unspecified atom stereocenters. The Labute approximate surface area is 134 Å². The molecule has 0 fully saturated rings. The molecule has 3 nitrogen and oxygen atoms in total.